The van der Waals surface area contributed by atoms with Crippen molar-refractivity contribution in [2.75, 3.05) is 0 Å². The number of ether oxygens (including phenoxy) is 3. The summed E-state index contributed by atoms with van der Waals surface area (Å²) in [5.74, 6) is -0.634. The second-order valence-electron chi connectivity index (χ2n) is 12.5. The van der Waals surface area contributed by atoms with Crippen LogP contribution < -0.4 is 0 Å². The minimum atomic E-state index is -0.549. The van der Waals surface area contributed by atoms with Crippen molar-refractivity contribution in [2.45, 2.75) is 85.2 Å². The fraction of sp³-hybridized carbons (Fsp3) is 0.724. The van der Waals surface area contributed by atoms with Gasteiger partial charge in [-0.15, -0.1) is 0 Å². The van der Waals surface area contributed by atoms with Crippen LogP contribution in [0.1, 0.15) is 79.1 Å². The van der Waals surface area contributed by atoms with Gasteiger partial charge in [-0.05, 0) is 78.6 Å². The summed E-state index contributed by atoms with van der Waals surface area (Å²) in [6, 6.07) is 0. The molecule has 0 N–H and O–H groups in total. The fourth-order valence-electron chi connectivity index (χ4n) is 9.51. The molecule has 1 heterocycles. The maximum atomic E-state index is 12.8. The molecule has 7 heteroatoms. The molecule has 0 aromatic heterocycles. The van der Waals surface area contributed by atoms with Crippen LogP contribution in [0, 0.1) is 46.3 Å². The normalized spacial score (nSPS) is 44.9. The van der Waals surface area contributed by atoms with Gasteiger partial charge in [0, 0.05) is 26.7 Å². The molecule has 5 aliphatic carbocycles. The smallest absolute Gasteiger partial charge is 0.318 e. The van der Waals surface area contributed by atoms with Gasteiger partial charge in [-0.3, -0.25) is 19.2 Å². The highest BCUT2D eigenvalue weighted by Gasteiger charge is 2.65. The molecule has 1 aliphatic heterocycles. The average molecular weight is 497 g/mol. The van der Waals surface area contributed by atoms with E-state index in [9.17, 15) is 19.2 Å². The molecule has 0 radical (unpaired) electrons. The van der Waals surface area contributed by atoms with Crippen LogP contribution in [0.25, 0.3) is 0 Å². The van der Waals surface area contributed by atoms with Gasteiger partial charge < -0.3 is 14.2 Å². The van der Waals surface area contributed by atoms with Crippen molar-refractivity contribution < 1.29 is 33.4 Å². The third kappa shape index (κ3) is 3.30. The van der Waals surface area contributed by atoms with E-state index in [0.717, 1.165) is 50.5 Å². The van der Waals surface area contributed by atoms with Crippen molar-refractivity contribution in [2.24, 2.45) is 46.3 Å². The Balaban J connectivity index is 1.36. The van der Waals surface area contributed by atoms with Crippen molar-refractivity contribution >= 4 is 23.9 Å². The molecule has 3 unspecified atom stereocenters. The Kier molecular flexibility index (Phi) is 5.34. The van der Waals surface area contributed by atoms with E-state index < -0.39 is 23.8 Å². The predicted molar refractivity (Wildman–Crippen MR) is 128 cm³/mol. The van der Waals surface area contributed by atoms with E-state index in [1.807, 2.05) is 0 Å². The van der Waals surface area contributed by atoms with Crippen LogP contribution in [0.3, 0.4) is 0 Å². The first kappa shape index (κ1) is 23.9. The molecule has 194 valence electrons. The Bertz CT molecular complexity index is 1120. The molecule has 0 bridgehead atoms. The largest absolute Gasteiger partial charge is 0.462 e. The highest BCUT2D eigenvalue weighted by Crippen LogP contribution is 2.70. The molecule has 9 atom stereocenters. The van der Waals surface area contributed by atoms with Gasteiger partial charge in [0.05, 0.1) is 11.8 Å². The van der Waals surface area contributed by atoms with E-state index in [1.165, 1.54) is 19.4 Å². The molecular formula is C29H36O7. The summed E-state index contributed by atoms with van der Waals surface area (Å²) in [6.45, 7) is 7.59. The average Bonchev–Trinajstić information content (AvgIpc) is 3.26. The first-order chi connectivity index (χ1) is 17.0. The molecule has 4 fully saturated rings. The van der Waals surface area contributed by atoms with Crippen LogP contribution in [0.2, 0.25) is 0 Å². The zero-order chi connectivity index (χ0) is 25.6. The molecule has 0 amide bonds. The molecular weight excluding hydrogens is 460 g/mol. The number of carbonyl (C=O) groups excluding carboxylic acids is 4. The lowest BCUT2D eigenvalue weighted by atomic mass is 9.47. The summed E-state index contributed by atoms with van der Waals surface area (Å²) >= 11 is 0. The van der Waals surface area contributed by atoms with Crippen molar-refractivity contribution in [3.63, 3.8) is 0 Å². The van der Waals surface area contributed by atoms with Crippen LogP contribution in [0.15, 0.2) is 23.0 Å². The van der Waals surface area contributed by atoms with Gasteiger partial charge in [-0.25, -0.2) is 0 Å². The van der Waals surface area contributed by atoms with Gasteiger partial charge in [0.1, 0.15) is 11.9 Å². The maximum Gasteiger partial charge on any atom is 0.318 e. The quantitative estimate of drug-likeness (QED) is 0.238. The minimum Gasteiger partial charge on any atom is -0.462 e. The Morgan fingerprint density at radius 2 is 1.69 bits per heavy atom. The van der Waals surface area contributed by atoms with E-state index in [-0.39, 0.29) is 41.2 Å². The summed E-state index contributed by atoms with van der Waals surface area (Å²) in [7, 11) is 0. The van der Waals surface area contributed by atoms with Gasteiger partial charge in [-0.1, -0.05) is 25.5 Å². The van der Waals surface area contributed by atoms with Gasteiger partial charge >= 0.3 is 23.9 Å². The number of cyclic esters (lactones) is 2. The van der Waals surface area contributed by atoms with E-state index in [4.69, 9.17) is 14.2 Å². The highest BCUT2D eigenvalue weighted by molar-refractivity contribution is 5.97. The summed E-state index contributed by atoms with van der Waals surface area (Å²) < 4.78 is 16.4. The molecule has 0 aromatic carbocycles. The predicted octanol–water partition coefficient (Wildman–Crippen LogP) is 4.64. The maximum absolute atomic E-state index is 12.8. The molecule has 6 aliphatic rings. The Morgan fingerprint density at radius 1 is 0.944 bits per heavy atom. The topological polar surface area (TPSA) is 96.0 Å². The standard InChI is InChI=1S/C29H36O7/c1-14(30)34-17-7-9-28(3)16(11-17)5-6-18-21(28)8-10-29(4)22(18)12-19-24-20(26(32)36-27(24)33)13-23(25(19)29)35-15(2)31/h5,17-22,24H,6-13H2,1-4H3/t17-,18+,19?,20?,21-,22-,24?,28-,29-/m0/s1. The lowest BCUT2D eigenvalue weighted by Crippen LogP contribution is -2.50. The summed E-state index contributed by atoms with van der Waals surface area (Å²) in [5, 5.41) is 0. The van der Waals surface area contributed by atoms with Crippen molar-refractivity contribution in [1.29, 1.82) is 0 Å². The van der Waals surface area contributed by atoms with E-state index in [1.54, 1.807) is 0 Å². The first-order valence-electron chi connectivity index (χ1n) is 13.6. The van der Waals surface area contributed by atoms with E-state index in [2.05, 4.69) is 19.9 Å². The monoisotopic (exact) mass is 496 g/mol. The van der Waals surface area contributed by atoms with Gasteiger partial charge in [0.15, 0.2) is 0 Å². The third-order valence-corrected chi connectivity index (χ3v) is 10.9. The number of allylic oxidation sites excluding steroid dienone is 3. The van der Waals surface area contributed by atoms with Crippen LogP contribution >= 0.6 is 0 Å². The molecule has 36 heavy (non-hydrogen) atoms. The Hall–Kier alpha value is -2.44. The zero-order valence-corrected chi connectivity index (χ0v) is 21.6. The molecule has 6 rings (SSSR count). The van der Waals surface area contributed by atoms with E-state index in [0.29, 0.717) is 23.5 Å². The second kappa shape index (κ2) is 8.03. The van der Waals surface area contributed by atoms with E-state index >= 15 is 0 Å². The summed E-state index contributed by atoms with van der Waals surface area (Å²) in [6.07, 6.45) is 9.23. The molecule has 0 spiro atoms. The summed E-state index contributed by atoms with van der Waals surface area (Å²) in [4.78, 5) is 48.9. The van der Waals surface area contributed by atoms with Crippen molar-refractivity contribution in [1.82, 2.24) is 0 Å². The lowest BCUT2D eigenvalue weighted by Gasteiger charge is -2.57. The first-order valence-corrected chi connectivity index (χ1v) is 13.6. The summed E-state index contributed by atoms with van der Waals surface area (Å²) in [5.41, 5.74) is 2.47. The number of hydrogen-bond donors (Lipinski definition) is 0. The van der Waals surface area contributed by atoms with Gasteiger partial charge in [0.2, 0.25) is 0 Å². The van der Waals surface area contributed by atoms with Gasteiger partial charge in [0.25, 0.3) is 0 Å². The molecule has 3 saturated carbocycles. The minimum absolute atomic E-state index is 0.0270. The van der Waals surface area contributed by atoms with Crippen LogP contribution in [-0.2, 0) is 33.4 Å². The molecule has 0 aromatic rings. The molecule has 7 nitrogen and oxygen atoms in total. The van der Waals surface area contributed by atoms with Crippen molar-refractivity contribution in [3.8, 4) is 0 Å². The van der Waals surface area contributed by atoms with Crippen molar-refractivity contribution in [3.05, 3.63) is 23.0 Å². The van der Waals surface area contributed by atoms with Crippen LogP contribution in [0.5, 0.6) is 0 Å². The number of hydrogen-bond acceptors (Lipinski definition) is 7. The Labute approximate surface area is 212 Å². The highest BCUT2D eigenvalue weighted by atomic mass is 16.6. The second-order valence-corrected chi connectivity index (χ2v) is 12.5. The number of rotatable bonds is 2. The number of esters is 4. The van der Waals surface area contributed by atoms with Crippen LogP contribution in [0.4, 0.5) is 0 Å². The number of carbonyl (C=O) groups is 4. The zero-order valence-electron chi connectivity index (χ0n) is 21.6. The van der Waals surface area contributed by atoms with Crippen LogP contribution in [-0.4, -0.2) is 30.0 Å². The fourth-order valence-corrected chi connectivity index (χ4v) is 9.51. The number of fused-ring (bicyclic) bond motifs is 9. The lowest BCUT2D eigenvalue weighted by molar-refractivity contribution is -0.154. The SMILES string of the molecule is CC(=O)OC1=C2C(C[C@H]3[C@@H]4CC=C5C[C@@H](OC(C)=O)CC[C@]5(C)[C@H]4CC[C@]23C)C2C(=O)OC(=O)C2C1. The Morgan fingerprint density at radius 3 is 2.42 bits per heavy atom. The van der Waals surface area contributed by atoms with Gasteiger partial charge in [-0.2, -0.15) is 0 Å². The third-order valence-electron chi connectivity index (χ3n) is 10.9. The molecule has 1 saturated heterocycles.